The number of ether oxygens (including phenoxy) is 1. The molecular formula is C16H27NO. The number of aryl methyl sites for hydroxylation is 2. The van der Waals surface area contributed by atoms with Crippen molar-refractivity contribution in [3.8, 4) is 0 Å². The highest BCUT2D eigenvalue weighted by Gasteiger charge is 2.10. The van der Waals surface area contributed by atoms with Crippen molar-refractivity contribution >= 4 is 0 Å². The van der Waals surface area contributed by atoms with Crippen LogP contribution in [0, 0.1) is 13.8 Å². The molecule has 0 aromatic heterocycles. The molecule has 1 aromatic carbocycles. The fourth-order valence-corrected chi connectivity index (χ4v) is 2.34. The zero-order valence-electron chi connectivity index (χ0n) is 12.3. The highest BCUT2D eigenvalue weighted by Crippen LogP contribution is 2.16. The van der Waals surface area contributed by atoms with Gasteiger partial charge in [-0.2, -0.15) is 0 Å². The molecule has 1 rings (SSSR count). The minimum Gasteiger partial charge on any atom is -0.382 e. The molecule has 0 spiro atoms. The molecule has 0 amide bonds. The summed E-state index contributed by atoms with van der Waals surface area (Å²) < 4.78 is 5.40. The van der Waals surface area contributed by atoms with Crippen LogP contribution in [0.15, 0.2) is 18.2 Å². The SMILES string of the molecule is CCOCCCC(Cc1c(C)cccc1C)NC. The minimum atomic E-state index is 0.547. The molecule has 2 nitrogen and oxygen atoms in total. The van der Waals surface area contributed by atoms with Crippen molar-refractivity contribution in [3.05, 3.63) is 34.9 Å². The van der Waals surface area contributed by atoms with Crippen LogP contribution in [0.2, 0.25) is 0 Å². The van der Waals surface area contributed by atoms with Crippen molar-refractivity contribution in [2.45, 2.75) is 46.1 Å². The molecule has 1 N–H and O–H groups in total. The van der Waals surface area contributed by atoms with Gasteiger partial charge in [0.1, 0.15) is 0 Å². The molecule has 0 saturated carbocycles. The lowest BCUT2D eigenvalue weighted by Gasteiger charge is -2.19. The molecule has 1 unspecified atom stereocenters. The summed E-state index contributed by atoms with van der Waals surface area (Å²) in [6.07, 6.45) is 3.41. The van der Waals surface area contributed by atoms with Crippen molar-refractivity contribution in [2.24, 2.45) is 0 Å². The third kappa shape index (κ3) is 4.79. The van der Waals surface area contributed by atoms with Gasteiger partial charge >= 0.3 is 0 Å². The summed E-state index contributed by atoms with van der Waals surface area (Å²) >= 11 is 0. The van der Waals surface area contributed by atoms with Gasteiger partial charge in [-0.15, -0.1) is 0 Å². The Hall–Kier alpha value is -0.860. The van der Waals surface area contributed by atoms with Crippen LogP contribution < -0.4 is 5.32 Å². The van der Waals surface area contributed by atoms with E-state index in [9.17, 15) is 0 Å². The lowest BCUT2D eigenvalue weighted by Crippen LogP contribution is -2.28. The van der Waals surface area contributed by atoms with E-state index in [1.165, 1.54) is 23.1 Å². The molecule has 18 heavy (non-hydrogen) atoms. The van der Waals surface area contributed by atoms with E-state index in [0.29, 0.717) is 6.04 Å². The van der Waals surface area contributed by atoms with E-state index in [2.05, 4.69) is 44.4 Å². The van der Waals surface area contributed by atoms with E-state index in [4.69, 9.17) is 4.74 Å². The number of benzene rings is 1. The Balaban J connectivity index is 2.52. The summed E-state index contributed by atoms with van der Waals surface area (Å²) in [7, 11) is 2.05. The van der Waals surface area contributed by atoms with Crippen LogP contribution in [0.3, 0.4) is 0 Å². The first-order chi connectivity index (χ1) is 8.69. The summed E-state index contributed by atoms with van der Waals surface area (Å²) in [5, 5.41) is 3.43. The molecule has 0 aliphatic carbocycles. The average Bonchev–Trinajstić information content (AvgIpc) is 2.36. The van der Waals surface area contributed by atoms with Gasteiger partial charge in [0.05, 0.1) is 0 Å². The van der Waals surface area contributed by atoms with Gasteiger partial charge in [0, 0.05) is 19.3 Å². The second-order valence-electron chi connectivity index (χ2n) is 4.90. The van der Waals surface area contributed by atoms with Gasteiger partial charge in [0.25, 0.3) is 0 Å². The number of nitrogens with one attached hydrogen (secondary N) is 1. The van der Waals surface area contributed by atoms with E-state index < -0.39 is 0 Å². The summed E-state index contributed by atoms with van der Waals surface area (Å²) in [5.41, 5.74) is 4.30. The number of likely N-dealkylation sites (N-methyl/N-ethyl adjacent to an activating group) is 1. The predicted molar refractivity (Wildman–Crippen MR) is 78.2 cm³/mol. The van der Waals surface area contributed by atoms with Gasteiger partial charge in [-0.05, 0) is 63.8 Å². The first-order valence-electron chi connectivity index (χ1n) is 6.99. The van der Waals surface area contributed by atoms with Crippen LogP contribution in [0.25, 0.3) is 0 Å². The van der Waals surface area contributed by atoms with Crippen LogP contribution in [-0.4, -0.2) is 26.3 Å². The molecule has 0 heterocycles. The molecule has 0 fully saturated rings. The van der Waals surface area contributed by atoms with Crippen molar-refractivity contribution in [2.75, 3.05) is 20.3 Å². The maximum Gasteiger partial charge on any atom is 0.0466 e. The van der Waals surface area contributed by atoms with Gasteiger partial charge in [-0.1, -0.05) is 18.2 Å². The largest absolute Gasteiger partial charge is 0.382 e. The zero-order chi connectivity index (χ0) is 13.4. The first-order valence-corrected chi connectivity index (χ1v) is 6.99. The van der Waals surface area contributed by atoms with Crippen molar-refractivity contribution in [1.82, 2.24) is 5.32 Å². The Labute approximate surface area is 112 Å². The monoisotopic (exact) mass is 249 g/mol. The summed E-state index contributed by atoms with van der Waals surface area (Å²) in [6, 6.07) is 7.09. The fourth-order valence-electron chi connectivity index (χ4n) is 2.34. The molecule has 102 valence electrons. The standard InChI is InChI=1S/C16H27NO/c1-5-18-11-7-10-15(17-4)12-16-13(2)8-6-9-14(16)3/h6,8-9,15,17H,5,7,10-12H2,1-4H3. The van der Waals surface area contributed by atoms with Gasteiger partial charge in [0.15, 0.2) is 0 Å². The maximum absolute atomic E-state index is 5.40. The Morgan fingerprint density at radius 1 is 1.22 bits per heavy atom. The quantitative estimate of drug-likeness (QED) is 0.714. The van der Waals surface area contributed by atoms with Crippen molar-refractivity contribution in [1.29, 1.82) is 0 Å². The lowest BCUT2D eigenvalue weighted by molar-refractivity contribution is 0.141. The van der Waals surface area contributed by atoms with E-state index in [1.807, 2.05) is 6.92 Å². The van der Waals surface area contributed by atoms with E-state index in [1.54, 1.807) is 0 Å². The van der Waals surface area contributed by atoms with Crippen LogP contribution in [0.5, 0.6) is 0 Å². The molecule has 0 aliphatic rings. The molecule has 2 heteroatoms. The van der Waals surface area contributed by atoms with Crippen LogP contribution >= 0.6 is 0 Å². The molecule has 1 aromatic rings. The normalized spacial score (nSPS) is 12.7. The summed E-state index contributed by atoms with van der Waals surface area (Å²) in [5.74, 6) is 0. The third-order valence-corrected chi connectivity index (χ3v) is 3.55. The second kappa shape index (κ2) is 8.28. The molecular weight excluding hydrogens is 222 g/mol. The number of hydrogen-bond donors (Lipinski definition) is 1. The lowest BCUT2D eigenvalue weighted by atomic mass is 9.94. The molecule has 0 aliphatic heterocycles. The van der Waals surface area contributed by atoms with E-state index >= 15 is 0 Å². The fraction of sp³-hybridized carbons (Fsp3) is 0.625. The van der Waals surface area contributed by atoms with E-state index in [0.717, 1.165) is 26.1 Å². The summed E-state index contributed by atoms with van der Waals surface area (Å²) in [6.45, 7) is 8.15. The maximum atomic E-state index is 5.40. The van der Waals surface area contributed by atoms with E-state index in [-0.39, 0.29) is 0 Å². The average molecular weight is 249 g/mol. The van der Waals surface area contributed by atoms with Gasteiger partial charge < -0.3 is 10.1 Å². The topological polar surface area (TPSA) is 21.3 Å². The summed E-state index contributed by atoms with van der Waals surface area (Å²) in [4.78, 5) is 0. The molecule has 0 radical (unpaired) electrons. The van der Waals surface area contributed by atoms with Gasteiger partial charge in [-0.3, -0.25) is 0 Å². The van der Waals surface area contributed by atoms with Gasteiger partial charge in [0.2, 0.25) is 0 Å². The zero-order valence-corrected chi connectivity index (χ0v) is 12.3. The van der Waals surface area contributed by atoms with Crippen LogP contribution in [0.4, 0.5) is 0 Å². The smallest absolute Gasteiger partial charge is 0.0466 e. The Morgan fingerprint density at radius 2 is 1.89 bits per heavy atom. The Morgan fingerprint density at radius 3 is 2.44 bits per heavy atom. The Kier molecular flexibility index (Phi) is 6.99. The van der Waals surface area contributed by atoms with Crippen molar-refractivity contribution < 1.29 is 4.74 Å². The minimum absolute atomic E-state index is 0.547. The van der Waals surface area contributed by atoms with Crippen molar-refractivity contribution in [3.63, 3.8) is 0 Å². The molecule has 1 atom stereocenters. The molecule has 0 saturated heterocycles. The second-order valence-corrected chi connectivity index (χ2v) is 4.90. The first kappa shape index (κ1) is 15.2. The molecule has 0 bridgehead atoms. The highest BCUT2D eigenvalue weighted by molar-refractivity contribution is 5.34. The van der Waals surface area contributed by atoms with Crippen LogP contribution in [-0.2, 0) is 11.2 Å². The third-order valence-electron chi connectivity index (χ3n) is 3.55. The number of rotatable bonds is 8. The van der Waals surface area contributed by atoms with Gasteiger partial charge in [-0.25, -0.2) is 0 Å². The Bertz CT molecular complexity index is 329. The van der Waals surface area contributed by atoms with Crippen LogP contribution in [0.1, 0.15) is 36.5 Å². The predicted octanol–water partition coefficient (Wildman–Crippen LogP) is 3.25. The number of hydrogen-bond acceptors (Lipinski definition) is 2. The highest BCUT2D eigenvalue weighted by atomic mass is 16.5.